The fraction of sp³-hybridized carbons (Fsp3) is 0.615. The van der Waals surface area contributed by atoms with Gasteiger partial charge in [-0.05, 0) is 39.2 Å². The largest absolute Gasteiger partial charge is 0.460 e. The number of urea groups is 1. The third-order valence-electron chi connectivity index (χ3n) is 3.29. The van der Waals surface area contributed by atoms with Gasteiger partial charge in [-0.1, -0.05) is 6.08 Å². The number of esters is 1. The van der Waals surface area contributed by atoms with Crippen molar-refractivity contribution in [1.29, 1.82) is 0 Å². The quantitative estimate of drug-likeness (QED) is 0.602. The number of nitrogens with zero attached hydrogens (tertiary/aromatic N) is 1. The second-order valence-corrected chi connectivity index (χ2v) is 5.26. The molecule has 1 rings (SSSR count). The van der Waals surface area contributed by atoms with Crippen LogP contribution >= 0.6 is 0 Å². The first kappa shape index (κ1) is 15.2. The Morgan fingerprint density at radius 3 is 2.68 bits per heavy atom. The van der Waals surface area contributed by atoms with Gasteiger partial charge >= 0.3 is 12.0 Å². The zero-order chi connectivity index (χ0) is 14.6. The molecule has 1 atom stereocenters. The fourth-order valence-electron chi connectivity index (χ4n) is 2.15. The molecule has 0 heterocycles. The van der Waals surface area contributed by atoms with Gasteiger partial charge in [-0.25, -0.2) is 10.2 Å². The molecule has 1 aliphatic rings. The molecule has 0 aliphatic heterocycles. The standard InChI is InChI=1S/C13H21N3O3/c1-8-5-6-10(13(3,4)19-9(2)17)7-11(8)15-16-12(14)18/h5,10H,6-7H2,1-4H3,(H3,14,16,18)/b15-11-/t10-/m0/s1. The number of nitrogens with two attached hydrogens (primary N) is 1. The van der Waals surface area contributed by atoms with Gasteiger partial charge in [0.1, 0.15) is 5.60 Å². The van der Waals surface area contributed by atoms with Crippen LogP contribution in [0.5, 0.6) is 0 Å². The molecule has 0 unspecified atom stereocenters. The summed E-state index contributed by atoms with van der Waals surface area (Å²) in [4.78, 5) is 21.8. The molecule has 19 heavy (non-hydrogen) atoms. The second-order valence-electron chi connectivity index (χ2n) is 5.26. The maximum absolute atomic E-state index is 11.1. The Labute approximate surface area is 113 Å². The van der Waals surface area contributed by atoms with Crippen molar-refractivity contribution in [1.82, 2.24) is 5.43 Å². The van der Waals surface area contributed by atoms with Crippen LogP contribution in [-0.2, 0) is 9.53 Å². The zero-order valence-corrected chi connectivity index (χ0v) is 11.8. The first-order chi connectivity index (χ1) is 8.72. The predicted molar refractivity (Wildman–Crippen MR) is 72.5 cm³/mol. The van der Waals surface area contributed by atoms with Gasteiger partial charge in [-0.15, -0.1) is 0 Å². The average molecular weight is 267 g/mol. The third-order valence-corrected chi connectivity index (χ3v) is 3.29. The van der Waals surface area contributed by atoms with E-state index >= 15 is 0 Å². The van der Waals surface area contributed by atoms with Crippen molar-refractivity contribution < 1.29 is 14.3 Å². The van der Waals surface area contributed by atoms with Gasteiger partial charge in [0.15, 0.2) is 0 Å². The summed E-state index contributed by atoms with van der Waals surface area (Å²) in [6.07, 6.45) is 3.46. The summed E-state index contributed by atoms with van der Waals surface area (Å²) in [7, 11) is 0. The highest BCUT2D eigenvalue weighted by molar-refractivity contribution is 6.01. The summed E-state index contributed by atoms with van der Waals surface area (Å²) in [5.41, 5.74) is 8.42. The van der Waals surface area contributed by atoms with E-state index in [1.54, 1.807) is 0 Å². The summed E-state index contributed by atoms with van der Waals surface area (Å²) in [5.74, 6) is -0.182. The molecule has 0 bridgehead atoms. The Hall–Kier alpha value is -1.85. The first-order valence-electron chi connectivity index (χ1n) is 6.21. The number of hydrazone groups is 1. The first-order valence-corrected chi connectivity index (χ1v) is 6.21. The molecular formula is C13H21N3O3. The number of primary amides is 1. The molecule has 6 heteroatoms. The van der Waals surface area contributed by atoms with Crippen LogP contribution in [0.2, 0.25) is 0 Å². The molecule has 106 valence electrons. The van der Waals surface area contributed by atoms with Gasteiger partial charge in [0, 0.05) is 12.8 Å². The lowest BCUT2D eigenvalue weighted by atomic mass is 9.78. The third kappa shape index (κ3) is 4.39. The van der Waals surface area contributed by atoms with Crippen LogP contribution in [0.3, 0.4) is 0 Å². The van der Waals surface area contributed by atoms with Gasteiger partial charge < -0.3 is 10.5 Å². The number of rotatable bonds is 3. The Kier molecular flexibility index (Phi) is 4.69. The highest BCUT2D eigenvalue weighted by atomic mass is 16.6. The second kappa shape index (κ2) is 5.86. The number of allylic oxidation sites excluding steroid dienone is 2. The fourth-order valence-corrected chi connectivity index (χ4v) is 2.15. The summed E-state index contributed by atoms with van der Waals surface area (Å²) in [5, 5.41) is 3.99. The normalized spacial score (nSPS) is 21.8. The van der Waals surface area contributed by atoms with Crippen LogP contribution in [0.1, 0.15) is 40.5 Å². The monoisotopic (exact) mass is 267 g/mol. The number of hydrogen-bond donors (Lipinski definition) is 2. The van der Waals surface area contributed by atoms with Crippen molar-refractivity contribution in [2.75, 3.05) is 0 Å². The molecular weight excluding hydrogens is 246 g/mol. The summed E-state index contributed by atoms with van der Waals surface area (Å²) in [6.45, 7) is 7.09. The van der Waals surface area contributed by atoms with Crippen molar-refractivity contribution in [3.63, 3.8) is 0 Å². The minimum atomic E-state index is -0.693. The number of nitrogens with one attached hydrogen (secondary N) is 1. The molecule has 0 aromatic carbocycles. The van der Waals surface area contributed by atoms with Crippen molar-refractivity contribution in [2.24, 2.45) is 16.8 Å². The van der Waals surface area contributed by atoms with Gasteiger partial charge in [-0.3, -0.25) is 4.79 Å². The van der Waals surface area contributed by atoms with E-state index < -0.39 is 11.6 Å². The topological polar surface area (TPSA) is 93.8 Å². The highest BCUT2D eigenvalue weighted by Gasteiger charge is 2.35. The van der Waals surface area contributed by atoms with Crippen LogP contribution in [0.25, 0.3) is 0 Å². The number of amides is 2. The summed E-state index contributed by atoms with van der Waals surface area (Å²) < 4.78 is 5.35. The van der Waals surface area contributed by atoms with Gasteiger partial charge in [0.25, 0.3) is 0 Å². The molecule has 0 spiro atoms. The molecule has 3 N–H and O–H groups in total. The molecule has 6 nitrogen and oxygen atoms in total. The van der Waals surface area contributed by atoms with E-state index in [4.69, 9.17) is 10.5 Å². The number of hydrogen-bond acceptors (Lipinski definition) is 4. The van der Waals surface area contributed by atoms with E-state index in [9.17, 15) is 9.59 Å². The van der Waals surface area contributed by atoms with Crippen molar-refractivity contribution >= 4 is 17.7 Å². The van der Waals surface area contributed by atoms with E-state index in [0.717, 1.165) is 17.7 Å². The van der Waals surface area contributed by atoms with Crippen LogP contribution in [0, 0.1) is 5.92 Å². The van der Waals surface area contributed by atoms with Crippen molar-refractivity contribution in [2.45, 2.75) is 46.1 Å². The van der Waals surface area contributed by atoms with Crippen LogP contribution in [-0.4, -0.2) is 23.3 Å². The molecule has 0 saturated heterocycles. The molecule has 0 saturated carbocycles. The molecule has 0 fully saturated rings. The Bertz CT molecular complexity index is 438. The van der Waals surface area contributed by atoms with Crippen molar-refractivity contribution in [3.05, 3.63) is 11.6 Å². The predicted octanol–water partition coefficient (Wildman–Crippen LogP) is 1.71. The van der Waals surface area contributed by atoms with Gasteiger partial charge in [0.2, 0.25) is 0 Å². The molecule has 0 aromatic rings. The molecule has 0 aromatic heterocycles. The summed E-state index contributed by atoms with van der Waals surface area (Å²) >= 11 is 0. The van der Waals surface area contributed by atoms with Crippen LogP contribution in [0.15, 0.2) is 16.8 Å². The summed E-state index contributed by atoms with van der Waals surface area (Å²) in [6, 6.07) is -0.693. The lowest BCUT2D eigenvalue weighted by Gasteiger charge is -2.35. The number of ether oxygens (including phenoxy) is 1. The van der Waals surface area contributed by atoms with E-state index in [-0.39, 0.29) is 11.9 Å². The zero-order valence-electron chi connectivity index (χ0n) is 11.8. The van der Waals surface area contributed by atoms with Crippen LogP contribution < -0.4 is 11.2 Å². The molecule has 0 radical (unpaired) electrons. The van der Waals surface area contributed by atoms with E-state index in [1.165, 1.54) is 6.92 Å². The smallest absolute Gasteiger partial charge is 0.332 e. The van der Waals surface area contributed by atoms with Gasteiger partial charge in [0.05, 0.1) is 5.71 Å². The van der Waals surface area contributed by atoms with Crippen LogP contribution in [0.4, 0.5) is 4.79 Å². The number of carbonyl (C=O) groups is 2. The lowest BCUT2D eigenvalue weighted by Crippen LogP contribution is -2.39. The molecule has 2 amide bonds. The van der Waals surface area contributed by atoms with E-state index in [1.807, 2.05) is 26.8 Å². The minimum Gasteiger partial charge on any atom is -0.460 e. The van der Waals surface area contributed by atoms with E-state index in [0.29, 0.717) is 6.42 Å². The molecule has 1 aliphatic carbocycles. The van der Waals surface area contributed by atoms with Gasteiger partial charge in [-0.2, -0.15) is 5.10 Å². The SMILES string of the molecule is CC(=O)OC(C)(C)[C@H]1CC=C(C)/C(=N\NC(N)=O)C1. The Balaban J connectivity index is 2.84. The maximum atomic E-state index is 11.1. The van der Waals surface area contributed by atoms with E-state index in [2.05, 4.69) is 10.5 Å². The van der Waals surface area contributed by atoms with Crippen molar-refractivity contribution in [3.8, 4) is 0 Å². The Morgan fingerprint density at radius 2 is 2.16 bits per heavy atom. The Morgan fingerprint density at radius 1 is 1.53 bits per heavy atom. The average Bonchev–Trinajstić information content (AvgIpc) is 2.25. The number of carbonyl (C=O) groups excluding carboxylic acids is 2. The lowest BCUT2D eigenvalue weighted by molar-refractivity contribution is -0.158. The minimum absolute atomic E-state index is 0.119. The highest BCUT2D eigenvalue weighted by Crippen LogP contribution is 2.33. The maximum Gasteiger partial charge on any atom is 0.332 e.